The van der Waals surface area contributed by atoms with Crippen molar-refractivity contribution in [1.82, 2.24) is 0 Å². The van der Waals surface area contributed by atoms with Gasteiger partial charge >= 0.3 is 0 Å². The quantitative estimate of drug-likeness (QED) is 0.564. The van der Waals surface area contributed by atoms with Gasteiger partial charge in [0.1, 0.15) is 5.75 Å². The van der Waals surface area contributed by atoms with Crippen LogP contribution >= 0.6 is 11.6 Å². The summed E-state index contributed by atoms with van der Waals surface area (Å²) in [6.07, 6.45) is 0. The van der Waals surface area contributed by atoms with E-state index in [1.54, 1.807) is 48.5 Å². The van der Waals surface area contributed by atoms with Crippen LogP contribution in [0.5, 0.6) is 5.75 Å². The van der Waals surface area contributed by atoms with Crippen LogP contribution in [0.1, 0.15) is 17.3 Å². The van der Waals surface area contributed by atoms with E-state index in [0.717, 1.165) is 0 Å². The summed E-state index contributed by atoms with van der Waals surface area (Å²) in [6.45, 7) is 2.39. The summed E-state index contributed by atoms with van der Waals surface area (Å²) >= 11 is 5.92. The summed E-state index contributed by atoms with van der Waals surface area (Å²) < 4.78 is 33.2. The molecule has 3 aromatic rings. The smallest absolute Gasteiger partial charge is 0.261 e. The fourth-order valence-electron chi connectivity index (χ4n) is 2.57. The Bertz CT molecular complexity index is 1120. The van der Waals surface area contributed by atoms with Crippen molar-refractivity contribution in [3.8, 4) is 5.75 Å². The molecule has 0 saturated carbocycles. The zero-order valence-corrected chi connectivity index (χ0v) is 17.1. The van der Waals surface area contributed by atoms with E-state index in [4.69, 9.17) is 16.3 Å². The average molecular weight is 431 g/mol. The maximum atomic E-state index is 12.7. The molecule has 0 atom stereocenters. The molecule has 0 aromatic heterocycles. The van der Waals surface area contributed by atoms with Crippen molar-refractivity contribution in [1.29, 1.82) is 0 Å². The molecule has 0 spiro atoms. The summed E-state index contributed by atoms with van der Waals surface area (Å²) in [6, 6.07) is 19.1. The molecule has 2 N–H and O–H groups in total. The molecule has 0 fully saturated rings. The predicted octanol–water partition coefficient (Wildman–Crippen LogP) is 4.79. The molecule has 0 aliphatic carbocycles. The number of ether oxygens (including phenoxy) is 1. The van der Waals surface area contributed by atoms with Crippen molar-refractivity contribution in [3.05, 3.63) is 83.4 Å². The minimum absolute atomic E-state index is 0.0230. The van der Waals surface area contributed by atoms with Gasteiger partial charge in [0, 0.05) is 22.0 Å². The number of rotatable bonds is 7. The second-order valence-electron chi connectivity index (χ2n) is 6.06. The lowest BCUT2D eigenvalue weighted by Crippen LogP contribution is -2.16. The highest BCUT2D eigenvalue weighted by Gasteiger charge is 2.17. The number of amides is 1. The van der Waals surface area contributed by atoms with Crippen LogP contribution in [0.3, 0.4) is 0 Å². The minimum Gasteiger partial charge on any atom is -0.494 e. The molecule has 0 aliphatic rings. The summed E-state index contributed by atoms with van der Waals surface area (Å²) in [5.74, 6) is 0.209. The number of sulfonamides is 1. The van der Waals surface area contributed by atoms with Gasteiger partial charge in [-0.25, -0.2) is 8.42 Å². The van der Waals surface area contributed by atoms with Gasteiger partial charge < -0.3 is 10.1 Å². The molecule has 1 amide bonds. The van der Waals surface area contributed by atoms with E-state index in [1.165, 1.54) is 24.3 Å². The minimum atomic E-state index is -3.87. The zero-order valence-electron chi connectivity index (χ0n) is 15.6. The van der Waals surface area contributed by atoms with Crippen LogP contribution in [0.25, 0.3) is 0 Å². The van der Waals surface area contributed by atoms with Gasteiger partial charge in [0.2, 0.25) is 0 Å². The van der Waals surface area contributed by atoms with E-state index in [2.05, 4.69) is 10.0 Å². The number of hydrogen-bond acceptors (Lipinski definition) is 4. The first-order valence-electron chi connectivity index (χ1n) is 8.80. The molecule has 0 radical (unpaired) electrons. The van der Waals surface area contributed by atoms with Crippen LogP contribution in [0, 0.1) is 0 Å². The molecular formula is C21H19ClN2O4S. The molecular weight excluding hydrogens is 412 g/mol. The van der Waals surface area contributed by atoms with Crippen LogP contribution in [0.2, 0.25) is 5.02 Å². The molecule has 0 aliphatic heterocycles. The first-order chi connectivity index (χ1) is 13.9. The van der Waals surface area contributed by atoms with Crippen molar-refractivity contribution < 1.29 is 17.9 Å². The van der Waals surface area contributed by atoms with Crippen LogP contribution in [0.4, 0.5) is 11.4 Å². The number of nitrogens with one attached hydrogen (secondary N) is 2. The van der Waals surface area contributed by atoms with E-state index < -0.39 is 15.9 Å². The van der Waals surface area contributed by atoms with Gasteiger partial charge in [-0.05, 0) is 67.6 Å². The second-order valence-corrected chi connectivity index (χ2v) is 8.17. The number of halogens is 1. The van der Waals surface area contributed by atoms with Crippen molar-refractivity contribution in [2.75, 3.05) is 16.6 Å². The third-order valence-electron chi connectivity index (χ3n) is 3.91. The van der Waals surface area contributed by atoms with Crippen LogP contribution < -0.4 is 14.8 Å². The average Bonchev–Trinajstić information content (AvgIpc) is 2.70. The summed E-state index contributed by atoms with van der Waals surface area (Å²) in [5, 5.41) is 3.18. The van der Waals surface area contributed by atoms with E-state index >= 15 is 0 Å². The Balaban J connectivity index is 1.77. The lowest BCUT2D eigenvalue weighted by Gasteiger charge is -2.11. The van der Waals surface area contributed by atoms with E-state index in [9.17, 15) is 13.2 Å². The molecule has 3 aromatic carbocycles. The summed E-state index contributed by atoms with van der Waals surface area (Å²) in [7, 11) is -3.87. The van der Waals surface area contributed by atoms with Gasteiger partial charge in [-0.1, -0.05) is 23.7 Å². The van der Waals surface area contributed by atoms with Crippen molar-refractivity contribution >= 4 is 38.9 Å². The molecule has 3 rings (SSSR count). The topological polar surface area (TPSA) is 84.5 Å². The fourth-order valence-corrected chi connectivity index (χ4v) is 3.87. The molecule has 29 heavy (non-hydrogen) atoms. The van der Waals surface area contributed by atoms with Gasteiger partial charge in [0.05, 0.1) is 11.5 Å². The Morgan fingerprint density at radius 2 is 1.69 bits per heavy atom. The molecule has 8 heteroatoms. The van der Waals surface area contributed by atoms with E-state index in [1.807, 2.05) is 6.92 Å². The van der Waals surface area contributed by atoms with Gasteiger partial charge in [-0.3, -0.25) is 9.52 Å². The van der Waals surface area contributed by atoms with Crippen molar-refractivity contribution in [3.63, 3.8) is 0 Å². The SMILES string of the molecule is CCOc1ccc(NS(=O)(=O)c2cccc(C(=O)Nc3cccc(Cl)c3)c2)cc1. The Morgan fingerprint density at radius 1 is 0.966 bits per heavy atom. The van der Waals surface area contributed by atoms with Gasteiger partial charge in [0.15, 0.2) is 0 Å². The number of hydrogen-bond donors (Lipinski definition) is 2. The molecule has 0 bridgehead atoms. The lowest BCUT2D eigenvalue weighted by atomic mass is 10.2. The normalized spacial score (nSPS) is 11.0. The Labute approximate surface area is 174 Å². The third-order valence-corrected chi connectivity index (χ3v) is 5.52. The zero-order chi connectivity index (χ0) is 20.9. The number of anilines is 2. The Kier molecular flexibility index (Phi) is 6.41. The standard InChI is InChI=1S/C21H19ClN2O4S/c1-2-28-19-11-9-17(10-12-19)24-29(26,27)20-8-3-5-15(13-20)21(25)23-18-7-4-6-16(22)14-18/h3-14,24H,2H2,1H3,(H,23,25). The van der Waals surface area contributed by atoms with Gasteiger partial charge in [-0.2, -0.15) is 0 Å². The molecule has 0 saturated heterocycles. The molecule has 0 heterocycles. The Morgan fingerprint density at radius 3 is 2.38 bits per heavy atom. The van der Waals surface area contributed by atoms with Gasteiger partial charge in [0.25, 0.3) is 15.9 Å². The van der Waals surface area contributed by atoms with Crippen molar-refractivity contribution in [2.45, 2.75) is 11.8 Å². The second kappa shape index (κ2) is 8.98. The molecule has 150 valence electrons. The highest BCUT2D eigenvalue weighted by atomic mass is 35.5. The number of benzene rings is 3. The van der Waals surface area contributed by atoms with Crippen LogP contribution in [-0.2, 0) is 10.0 Å². The number of carbonyl (C=O) groups is 1. The van der Waals surface area contributed by atoms with E-state index in [-0.39, 0.29) is 10.5 Å². The molecule has 0 unspecified atom stereocenters. The maximum Gasteiger partial charge on any atom is 0.261 e. The monoisotopic (exact) mass is 430 g/mol. The maximum absolute atomic E-state index is 12.7. The highest BCUT2D eigenvalue weighted by molar-refractivity contribution is 7.92. The summed E-state index contributed by atoms with van der Waals surface area (Å²) in [4.78, 5) is 12.5. The van der Waals surface area contributed by atoms with Crippen molar-refractivity contribution in [2.24, 2.45) is 0 Å². The van der Waals surface area contributed by atoms with Gasteiger partial charge in [-0.15, -0.1) is 0 Å². The third kappa shape index (κ3) is 5.49. The first-order valence-corrected chi connectivity index (χ1v) is 10.7. The van der Waals surface area contributed by atoms with E-state index in [0.29, 0.717) is 28.8 Å². The first kappa shape index (κ1) is 20.7. The largest absolute Gasteiger partial charge is 0.494 e. The number of carbonyl (C=O) groups excluding carboxylic acids is 1. The summed E-state index contributed by atoms with van der Waals surface area (Å²) in [5.41, 5.74) is 1.12. The van der Waals surface area contributed by atoms with Crippen LogP contribution in [0.15, 0.2) is 77.7 Å². The highest BCUT2D eigenvalue weighted by Crippen LogP contribution is 2.21. The lowest BCUT2D eigenvalue weighted by molar-refractivity contribution is 0.102. The Hall–Kier alpha value is -3.03. The van der Waals surface area contributed by atoms with Crippen LogP contribution in [-0.4, -0.2) is 20.9 Å². The molecule has 6 nitrogen and oxygen atoms in total. The predicted molar refractivity (Wildman–Crippen MR) is 114 cm³/mol. The fraction of sp³-hybridized carbons (Fsp3) is 0.0952.